The van der Waals surface area contributed by atoms with Crippen LogP contribution in [-0.4, -0.2) is 23.2 Å². The Morgan fingerprint density at radius 1 is 1.18 bits per heavy atom. The predicted molar refractivity (Wildman–Crippen MR) is 121 cm³/mol. The number of halogens is 3. The van der Waals surface area contributed by atoms with Crippen molar-refractivity contribution in [1.29, 1.82) is 0 Å². The molecule has 9 heteroatoms. The monoisotopic (exact) mass is 471 g/mol. The molecule has 0 bridgehead atoms. The van der Waals surface area contributed by atoms with Gasteiger partial charge < -0.3 is 14.6 Å². The van der Waals surface area contributed by atoms with E-state index in [4.69, 9.17) is 9.25 Å². The highest BCUT2D eigenvalue weighted by Gasteiger charge is 2.46. The molecule has 0 aliphatic heterocycles. The Balaban J connectivity index is 1.57. The van der Waals surface area contributed by atoms with Gasteiger partial charge in [0.2, 0.25) is 0 Å². The largest absolute Gasteiger partial charge is 0.444 e. The number of carbonyl (C=O) groups excluding carboxylic acids is 1. The van der Waals surface area contributed by atoms with Crippen LogP contribution in [0, 0.1) is 0 Å². The fourth-order valence-electron chi connectivity index (χ4n) is 4.23. The van der Waals surface area contributed by atoms with E-state index in [9.17, 15) is 18.0 Å². The predicted octanol–water partition coefficient (Wildman–Crippen LogP) is 6.20. The van der Waals surface area contributed by atoms with Crippen LogP contribution in [0.4, 0.5) is 18.9 Å². The van der Waals surface area contributed by atoms with E-state index in [1.165, 1.54) is 18.5 Å². The third-order valence-corrected chi connectivity index (χ3v) is 6.05. The molecule has 6 nitrogen and oxygen atoms in total. The number of amides is 1. The zero-order valence-electron chi connectivity index (χ0n) is 18.6. The molecule has 1 aliphatic carbocycles. The minimum absolute atomic E-state index is 0.0437. The Morgan fingerprint density at radius 3 is 2.50 bits per heavy atom. The molecule has 2 aromatic carbocycles. The van der Waals surface area contributed by atoms with Crippen molar-refractivity contribution in [3.8, 4) is 11.3 Å². The second-order valence-corrected chi connectivity index (χ2v) is 8.21. The highest BCUT2D eigenvalue weighted by atomic mass is 19.4. The number of alkyl halides is 3. The first-order valence-electron chi connectivity index (χ1n) is 11.0. The maximum absolute atomic E-state index is 13.7. The average molecular weight is 471 g/mol. The van der Waals surface area contributed by atoms with Crippen molar-refractivity contribution >= 4 is 17.3 Å². The van der Waals surface area contributed by atoms with Gasteiger partial charge in [0.15, 0.2) is 12.2 Å². The number of oxime groups is 1. The highest BCUT2D eigenvalue weighted by Crippen LogP contribution is 2.50. The number of hydrogen-bond acceptors (Lipinski definition) is 5. The first-order valence-corrected chi connectivity index (χ1v) is 11.0. The molecule has 1 fully saturated rings. The smallest absolute Gasteiger partial charge is 0.416 e. The lowest BCUT2D eigenvalue weighted by Gasteiger charge is -2.43. The lowest BCUT2D eigenvalue weighted by atomic mass is 9.60. The number of oxazole rings is 1. The van der Waals surface area contributed by atoms with Gasteiger partial charge in [-0.25, -0.2) is 4.98 Å². The molecule has 1 aliphatic rings. The standard InChI is InChI=1S/C25H24F3N3O3/c1-2-34-31-21(23(32)30-18-10-8-17(9-11-18)22-15-29-16-33-22)14-24(12-5-13-24)19-6-3-4-7-20(19)25(26,27)28/h3-4,6-11,15-16H,2,5,12-14H2,1H3,(H,30,32)/b31-21+. The van der Waals surface area contributed by atoms with E-state index in [2.05, 4.69) is 15.5 Å². The molecule has 1 aromatic heterocycles. The molecule has 178 valence electrons. The van der Waals surface area contributed by atoms with Crippen LogP contribution in [0.15, 0.2) is 70.7 Å². The number of nitrogens with zero attached hydrogens (tertiary/aromatic N) is 2. The van der Waals surface area contributed by atoms with Crippen LogP contribution >= 0.6 is 0 Å². The van der Waals surface area contributed by atoms with Gasteiger partial charge in [-0.3, -0.25) is 4.79 Å². The summed E-state index contributed by atoms with van der Waals surface area (Å²) in [5, 5.41) is 6.75. The third kappa shape index (κ3) is 4.98. The summed E-state index contributed by atoms with van der Waals surface area (Å²) in [5.74, 6) is 0.0726. The summed E-state index contributed by atoms with van der Waals surface area (Å²) in [5.41, 5.74) is 0.0517. The highest BCUT2D eigenvalue weighted by molar-refractivity contribution is 6.43. The van der Waals surface area contributed by atoms with E-state index in [0.29, 0.717) is 24.3 Å². The van der Waals surface area contributed by atoms with E-state index in [1.54, 1.807) is 43.5 Å². The van der Waals surface area contributed by atoms with Crippen LogP contribution in [0.2, 0.25) is 0 Å². The minimum Gasteiger partial charge on any atom is -0.444 e. The molecular formula is C25H24F3N3O3. The van der Waals surface area contributed by atoms with E-state index in [1.807, 2.05) is 0 Å². The van der Waals surface area contributed by atoms with Crippen LogP contribution in [0.3, 0.4) is 0 Å². The molecule has 0 atom stereocenters. The summed E-state index contributed by atoms with van der Waals surface area (Å²) < 4.78 is 46.4. The van der Waals surface area contributed by atoms with Gasteiger partial charge in [0.25, 0.3) is 5.91 Å². The van der Waals surface area contributed by atoms with Crippen molar-refractivity contribution in [2.75, 3.05) is 11.9 Å². The van der Waals surface area contributed by atoms with Gasteiger partial charge in [-0.2, -0.15) is 13.2 Å². The Kier molecular flexibility index (Phi) is 6.72. The topological polar surface area (TPSA) is 76.7 Å². The fourth-order valence-corrected chi connectivity index (χ4v) is 4.23. The number of aromatic nitrogens is 1. The second kappa shape index (κ2) is 9.70. The van der Waals surface area contributed by atoms with Crippen molar-refractivity contribution in [3.05, 3.63) is 72.2 Å². The van der Waals surface area contributed by atoms with Crippen LogP contribution in [-0.2, 0) is 21.2 Å². The van der Waals surface area contributed by atoms with Gasteiger partial charge in [0.05, 0.1) is 11.8 Å². The number of anilines is 1. The summed E-state index contributed by atoms with van der Waals surface area (Å²) in [6, 6.07) is 12.5. The molecular weight excluding hydrogens is 447 g/mol. The van der Waals surface area contributed by atoms with Crippen LogP contribution in [0.5, 0.6) is 0 Å². The normalized spacial score (nSPS) is 15.5. The van der Waals surface area contributed by atoms with Gasteiger partial charge >= 0.3 is 6.18 Å². The zero-order valence-corrected chi connectivity index (χ0v) is 18.6. The lowest BCUT2D eigenvalue weighted by Crippen LogP contribution is -2.41. The molecule has 3 aromatic rings. The van der Waals surface area contributed by atoms with Crippen molar-refractivity contribution in [3.63, 3.8) is 0 Å². The minimum atomic E-state index is -4.48. The van der Waals surface area contributed by atoms with Crippen molar-refractivity contribution < 1.29 is 27.2 Å². The number of hydrogen-bond donors (Lipinski definition) is 1. The summed E-state index contributed by atoms with van der Waals surface area (Å²) in [4.78, 5) is 22.1. The van der Waals surface area contributed by atoms with Gasteiger partial charge in [-0.15, -0.1) is 0 Å². The molecule has 1 saturated carbocycles. The molecule has 0 radical (unpaired) electrons. The lowest BCUT2D eigenvalue weighted by molar-refractivity contribution is -0.139. The molecule has 0 saturated heterocycles. The van der Waals surface area contributed by atoms with Gasteiger partial charge in [-0.1, -0.05) is 29.8 Å². The van der Waals surface area contributed by atoms with Crippen molar-refractivity contribution in [1.82, 2.24) is 4.98 Å². The number of benzene rings is 2. The Labute approximate surface area is 194 Å². The van der Waals surface area contributed by atoms with Crippen LogP contribution in [0.1, 0.15) is 43.7 Å². The Bertz CT molecular complexity index is 1150. The van der Waals surface area contributed by atoms with E-state index in [-0.39, 0.29) is 24.3 Å². The molecule has 4 rings (SSSR count). The molecule has 1 N–H and O–H groups in total. The number of nitrogens with one attached hydrogen (secondary N) is 1. The SMILES string of the molecule is CCO/N=C(\CC1(c2ccccc2C(F)(F)F)CCC1)C(=O)Nc1ccc(-c2cnco2)cc1. The van der Waals surface area contributed by atoms with Crippen molar-refractivity contribution in [2.45, 2.75) is 44.2 Å². The molecule has 0 unspecified atom stereocenters. The van der Waals surface area contributed by atoms with Gasteiger partial charge in [-0.05, 0) is 55.7 Å². The van der Waals surface area contributed by atoms with E-state index < -0.39 is 23.1 Å². The summed E-state index contributed by atoms with van der Waals surface area (Å²) in [7, 11) is 0. The average Bonchev–Trinajstić information content (AvgIpc) is 3.33. The second-order valence-electron chi connectivity index (χ2n) is 8.21. The van der Waals surface area contributed by atoms with Crippen molar-refractivity contribution in [2.24, 2.45) is 5.16 Å². The zero-order chi connectivity index (χ0) is 24.2. The maximum Gasteiger partial charge on any atom is 0.416 e. The van der Waals surface area contributed by atoms with Crippen LogP contribution < -0.4 is 5.32 Å². The molecule has 1 amide bonds. The van der Waals surface area contributed by atoms with E-state index >= 15 is 0 Å². The maximum atomic E-state index is 13.7. The quantitative estimate of drug-likeness (QED) is 0.313. The fraction of sp³-hybridized carbons (Fsp3) is 0.320. The van der Waals surface area contributed by atoms with E-state index in [0.717, 1.165) is 18.1 Å². The third-order valence-electron chi connectivity index (χ3n) is 6.05. The summed E-state index contributed by atoms with van der Waals surface area (Å²) in [6.07, 6.45) is 0.311. The number of rotatable bonds is 8. The molecule has 1 heterocycles. The first kappa shape index (κ1) is 23.5. The van der Waals surface area contributed by atoms with Gasteiger partial charge in [0.1, 0.15) is 12.3 Å². The Morgan fingerprint density at radius 2 is 1.91 bits per heavy atom. The van der Waals surface area contributed by atoms with Crippen LogP contribution in [0.25, 0.3) is 11.3 Å². The Hall–Kier alpha value is -3.62. The summed E-state index contributed by atoms with van der Waals surface area (Å²) >= 11 is 0. The number of carbonyl (C=O) groups is 1. The molecule has 34 heavy (non-hydrogen) atoms. The summed E-state index contributed by atoms with van der Waals surface area (Å²) in [6.45, 7) is 1.95. The first-order chi connectivity index (χ1) is 16.3. The molecule has 0 spiro atoms. The van der Waals surface area contributed by atoms with Gasteiger partial charge in [0, 0.05) is 23.1 Å².